The Morgan fingerprint density at radius 3 is 2.89 bits per heavy atom. The number of nitrogens with two attached hydrogens (primary N) is 1. The molecule has 0 unspecified atom stereocenters. The first-order valence-corrected chi connectivity index (χ1v) is 7.22. The number of amides is 1. The van der Waals surface area contributed by atoms with E-state index in [-0.39, 0.29) is 5.91 Å². The maximum absolute atomic E-state index is 12.1. The number of benzene rings is 1. The summed E-state index contributed by atoms with van der Waals surface area (Å²) in [6.45, 7) is 0.489. The van der Waals surface area contributed by atoms with Gasteiger partial charge in [-0.2, -0.15) is 0 Å². The van der Waals surface area contributed by atoms with Crippen LogP contribution in [0, 0.1) is 0 Å². The van der Waals surface area contributed by atoms with E-state index in [2.05, 4.69) is 21.2 Å². The van der Waals surface area contributed by atoms with E-state index in [0.29, 0.717) is 23.5 Å². The molecule has 1 aromatic carbocycles. The molecule has 2 rings (SSSR count). The van der Waals surface area contributed by atoms with Gasteiger partial charge in [0, 0.05) is 26.5 Å². The first kappa shape index (κ1) is 13.9. The number of hydrogen-bond acceptors (Lipinski definition) is 4. The van der Waals surface area contributed by atoms with E-state index in [0.717, 1.165) is 9.35 Å². The molecule has 0 radical (unpaired) electrons. The lowest BCUT2D eigenvalue weighted by Crippen LogP contribution is -2.22. The third-order valence-corrected chi connectivity index (χ3v) is 4.21. The Morgan fingerprint density at radius 1 is 1.47 bits per heavy atom. The van der Waals surface area contributed by atoms with Crippen molar-refractivity contribution >= 4 is 38.9 Å². The number of thiophene rings is 1. The quantitative estimate of drug-likeness (QED) is 0.840. The number of hydrogen-bond donors (Lipinski definition) is 2. The van der Waals surface area contributed by atoms with Crippen LogP contribution >= 0.6 is 27.3 Å². The molecule has 0 aliphatic rings. The van der Waals surface area contributed by atoms with Gasteiger partial charge in [-0.05, 0) is 34.1 Å². The van der Waals surface area contributed by atoms with Crippen LogP contribution in [0.15, 0.2) is 34.1 Å². The number of carbonyl (C=O) groups excluding carboxylic acids is 1. The largest absolute Gasteiger partial charge is 0.496 e. The van der Waals surface area contributed by atoms with Crippen LogP contribution in [0.3, 0.4) is 0 Å². The molecule has 1 amide bonds. The van der Waals surface area contributed by atoms with Crippen molar-refractivity contribution in [3.05, 3.63) is 44.6 Å². The van der Waals surface area contributed by atoms with Crippen molar-refractivity contribution in [1.29, 1.82) is 0 Å². The van der Waals surface area contributed by atoms with E-state index in [9.17, 15) is 4.79 Å². The number of ether oxygens (including phenoxy) is 1. The van der Waals surface area contributed by atoms with Crippen LogP contribution in [0.5, 0.6) is 5.75 Å². The van der Waals surface area contributed by atoms with Crippen molar-refractivity contribution in [2.75, 3.05) is 12.8 Å². The number of nitrogens with one attached hydrogen (secondary N) is 1. The second-order valence-electron chi connectivity index (χ2n) is 3.87. The molecule has 1 aromatic heterocycles. The maximum Gasteiger partial charge on any atom is 0.255 e. The van der Waals surface area contributed by atoms with Crippen molar-refractivity contribution in [2.45, 2.75) is 6.54 Å². The number of nitrogen functional groups attached to an aromatic ring is 1. The summed E-state index contributed by atoms with van der Waals surface area (Å²) in [5.74, 6) is 0.297. The molecule has 1 heterocycles. The first-order valence-electron chi connectivity index (χ1n) is 5.55. The summed E-state index contributed by atoms with van der Waals surface area (Å²) < 4.78 is 6.18. The fourth-order valence-corrected chi connectivity index (χ4v) is 3.00. The highest BCUT2D eigenvalue weighted by Gasteiger charge is 2.12. The minimum absolute atomic E-state index is 0.179. The molecule has 0 aliphatic heterocycles. The van der Waals surface area contributed by atoms with Crippen LogP contribution in [0.1, 0.15) is 15.2 Å². The summed E-state index contributed by atoms with van der Waals surface area (Å²) in [4.78, 5) is 13.2. The van der Waals surface area contributed by atoms with Gasteiger partial charge in [0.25, 0.3) is 5.91 Å². The minimum Gasteiger partial charge on any atom is -0.496 e. The molecular formula is C13H13BrN2O2S. The second kappa shape index (κ2) is 6.08. The molecule has 0 fully saturated rings. The number of rotatable bonds is 4. The van der Waals surface area contributed by atoms with E-state index in [1.807, 2.05) is 11.4 Å². The van der Waals surface area contributed by atoms with E-state index in [1.165, 1.54) is 7.11 Å². The standard InChI is InChI=1S/C13H13BrN2O2S/c1-18-12-5-9(15)2-3-11(12)13(17)16-6-10-4-8(14)7-19-10/h2-5,7H,6,15H2,1H3,(H,16,17). The monoisotopic (exact) mass is 340 g/mol. The number of methoxy groups -OCH3 is 1. The second-order valence-corrected chi connectivity index (χ2v) is 5.79. The molecule has 0 spiro atoms. The molecule has 6 heteroatoms. The van der Waals surface area contributed by atoms with Gasteiger partial charge in [-0.15, -0.1) is 11.3 Å². The van der Waals surface area contributed by atoms with Gasteiger partial charge in [0.2, 0.25) is 0 Å². The molecule has 2 aromatic rings. The van der Waals surface area contributed by atoms with Crippen molar-refractivity contribution in [3.63, 3.8) is 0 Å². The van der Waals surface area contributed by atoms with Crippen molar-refractivity contribution in [3.8, 4) is 5.75 Å². The molecule has 0 aliphatic carbocycles. The average molecular weight is 341 g/mol. The van der Waals surface area contributed by atoms with Crippen LogP contribution in [0.4, 0.5) is 5.69 Å². The highest BCUT2D eigenvalue weighted by Crippen LogP contribution is 2.22. The lowest BCUT2D eigenvalue weighted by atomic mass is 10.1. The van der Waals surface area contributed by atoms with E-state index in [4.69, 9.17) is 10.5 Å². The fourth-order valence-electron chi connectivity index (χ4n) is 1.60. The number of halogens is 1. The lowest BCUT2D eigenvalue weighted by Gasteiger charge is -2.09. The summed E-state index contributed by atoms with van der Waals surface area (Å²) in [6.07, 6.45) is 0. The summed E-state index contributed by atoms with van der Waals surface area (Å²) in [6, 6.07) is 6.95. The Balaban J connectivity index is 2.07. The van der Waals surface area contributed by atoms with E-state index < -0.39 is 0 Å². The Labute approximate surface area is 123 Å². The highest BCUT2D eigenvalue weighted by molar-refractivity contribution is 9.10. The van der Waals surface area contributed by atoms with Gasteiger partial charge >= 0.3 is 0 Å². The van der Waals surface area contributed by atoms with Gasteiger partial charge in [-0.3, -0.25) is 4.79 Å². The summed E-state index contributed by atoms with van der Waals surface area (Å²) >= 11 is 4.96. The number of anilines is 1. The van der Waals surface area contributed by atoms with E-state index >= 15 is 0 Å². The van der Waals surface area contributed by atoms with Crippen LogP contribution in [-0.2, 0) is 6.54 Å². The van der Waals surface area contributed by atoms with Gasteiger partial charge in [0.15, 0.2) is 0 Å². The van der Waals surface area contributed by atoms with Crippen LogP contribution in [0.2, 0.25) is 0 Å². The van der Waals surface area contributed by atoms with Gasteiger partial charge < -0.3 is 15.8 Å². The van der Waals surface area contributed by atoms with Crippen LogP contribution in [0.25, 0.3) is 0 Å². The third-order valence-electron chi connectivity index (χ3n) is 2.52. The van der Waals surface area contributed by atoms with Crippen molar-refractivity contribution < 1.29 is 9.53 Å². The predicted molar refractivity (Wildman–Crippen MR) is 80.6 cm³/mol. The van der Waals surface area contributed by atoms with Gasteiger partial charge in [-0.25, -0.2) is 0 Å². The minimum atomic E-state index is -0.179. The Morgan fingerprint density at radius 2 is 2.26 bits per heavy atom. The normalized spacial score (nSPS) is 10.2. The molecule has 100 valence electrons. The molecule has 0 atom stereocenters. The smallest absolute Gasteiger partial charge is 0.255 e. The Kier molecular flexibility index (Phi) is 4.44. The summed E-state index contributed by atoms with van der Waals surface area (Å²) in [5.41, 5.74) is 6.70. The zero-order valence-corrected chi connectivity index (χ0v) is 12.7. The maximum atomic E-state index is 12.1. The zero-order chi connectivity index (χ0) is 13.8. The number of carbonyl (C=O) groups is 1. The summed E-state index contributed by atoms with van der Waals surface area (Å²) in [5, 5.41) is 4.83. The average Bonchev–Trinajstić information content (AvgIpc) is 2.81. The molecule has 3 N–H and O–H groups in total. The molecule has 0 saturated heterocycles. The topological polar surface area (TPSA) is 64.3 Å². The first-order chi connectivity index (χ1) is 9.10. The van der Waals surface area contributed by atoms with Crippen molar-refractivity contribution in [1.82, 2.24) is 5.32 Å². The SMILES string of the molecule is COc1cc(N)ccc1C(=O)NCc1cc(Br)cs1. The zero-order valence-electron chi connectivity index (χ0n) is 10.3. The van der Waals surface area contributed by atoms with Gasteiger partial charge in [-0.1, -0.05) is 0 Å². The molecule has 19 heavy (non-hydrogen) atoms. The van der Waals surface area contributed by atoms with Crippen LogP contribution < -0.4 is 15.8 Å². The highest BCUT2D eigenvalue weighted by atomic mass is 79.9. The van der Waals surface area contributed by atoms with E-state index in [1.54, 1.807) is 29.5 Å². The van der Waals surface area contributed by atoms with Gasteiger partial charge in [0.1, 0.15) is 5.75 Å². The van der Waals surface area contributed by atoms with Crippen molar-refractivity contribution in [2.24, 2.45) is 0 Å². The molecule has 0 bridgehead atoms. The Hall–Kier alpha value is -1.53. The third kappa shape index (κ3) is 3.48. The Bertz CT molecular complexity index is 598. The molecule has 4 nitrogen and oxygen atoms in total. The fraction of sp³-hybridized carbons (Fsp3) is 0.154. The predicted octanol–water partition coefficient (Wildman–Crippen LogP) is 3.03. The van der Waals surface area contributed by atoms with Crippen LogP contribution in [-0.4, -0.2) is 13.0 Å². The summed E-state index contributed by atoms with van der Waals surface area (Å²) in [7, 11) is 1.52. The molecular weight excluding hydrogens is 328 g/mol. The molecule has 0 saturated carbocycles. The van der Waals surface area contributed by atoms with Gasteiger partial charge in [0.05, 0.1) is 19.2 Å². The lowest BCUT2D eigenvalue weighted by molar-refractivity contribution is 0.0948.